The quantitative estimate of drug-likeness (QED) is 0.468. The monoisotopic (exact) mass is 308 g/mol. The Bertz CT molecular complexity index is 1020. The largest absolute Gasteiger partial charge is 0.248 e. The molecule has 0 radical (unpaired) electrons. The highest BCUT2D eigenvalue weighted by molar-refractivity contribution is 6.25. The third kappa shape index (κ3) is 2.23. The lowest BCUT2D eigenvalue weighted by Crippen LogP contribution is -1.97. The third-order valence-electron chi connectivity index (χ3n) is 4.34. The van der Waals surface area contributed by atoms with Crippen molar-refractivity contribution in [3.63, 3.8) is 0 Å². The fourth-order valence-corrected chi connectivity index (χ4v) is 3.45. The number of rotatable bonds is 1. The van der Waals surface area contributed by atoms with Gasteiger partial charge in [-0.15, -0.1) is 0 Å². The van der Waals surface area contributed by atoms with Crippen LogP contribution in [0.1, 0.15) is 27.8 Å². The Morgan fingerprint density at radius 2 is 1.46 bits per heavy atom. The topological polar surface area (TPSA) is 36.1 Å². The number of benzene rings is 3. The molecule has 3 aromatic carbocycles. The molecule has 0 atom stereocenters. The van der Waals surface area contributed by atoms with Gasteiger partial charge in [-0.2, -0.15) is 5.26 Å². The van der Waals surface area contributed by atoms with Crippen molar-refractivity contribution < 1.29 is 0 Å². The summed E-state index contributed by atoms with van der Waals surface area (Å²) >= 11 is 0. The molecule has 0 aliphatic heterocycles. The van der Waals surface area contributed by atoms with E-state index >= 15 is 0 Å². The van der Waals surface area contributed by atoms with Crippen LogP contribution in [0, 0.1) is 25.2 Å². The van der Waals surface area contributed by atoms with Gasteiger partial charge in [-0.1, -0.05) is 42.5 Å². The first-order chi connectivity index (χ1) is 11.7. The van der Waals surface area contributed by atoms with Gasteiger partial charge in [-0.05, 0) is 48.7 Å². The Kier molecular flexibility index (Phi) is 3.29. The van der Waals surface area contributed by atoms with Gasteiger partial charge in [0, 0.05) is 16.7 Å². The van der Waals surface area contributed by atoms with Crippen LogP contribution >= 0.6 is 0 Å². The van der Waals surface area contributed by atoms with Gasteiger partial charge in [0.1, 0.15) is 0 Å². The second-order valence-corrected chi connectivity index (χ2v) is 6.19. The van der Waals surface area contributed by atoms with Crippen molar-refractivity contribution in [3.05, 3.63) is 88.5 Å². The second kappa shape index (κ2) is 5.47. The van der Waals surface area contributed by atoms with Crippen molar-refractivity contribution in [3.8, 4) is 17.2 Å². The average Bonchev–Trinajstić information content (AvgIpc) is 2.88. The smallest absolute Gasteiger partial charge is 0.0998 e. The van der Waals surface area contributed by atoms with E-state index in [-0.39, 0.29) is 0 Å². The minimum Gasteiger partial charge on any atom is -0.248 e. The predicted molar refractivity (Wildman–Crippen MR) is 97.8 cm³/mol. The zero-order chi connectivity index (χ0) is 16.7. The van der Waals surface area contributed by atoms with E-state index in [0.29, 0.717) is 5.56 Å². The summed E-state index contributed by atoms with van der Waals surface area (Å²) in [5.41, 5.74) is 9.22. The number of aliphatic imine (C=N–C) groups is 1. The molecule has 1 aliphatic carbocycles. The molecule has 1 aliphatic rings. The van der Waals surface area contributed by atoms with E-state index < -0.39 is 0 Å². The molecular weight excluding hydrogens is 292 g/mol. The van der Waals surface area contributed by atoms with Crippen molar-refractivity contribution in [2.24, 2.45) is 4.99 Å². The second-order valence-electron chi connectivity index (χ2n) is 6.19. The Balaban J connectivity index is 2.01. The van der Waals surface area contributed by atoms with E-state index in [1.54, 1.807) is 0 Å². The highest BCUT2D eigenvalue weighted by Crippen LogP contribution is 2.40. The predicted octanol–water partition coefficient (Wildman–Crippen LogP) is 5.32. The van der Waals surface area contributed by atoms with Gasteiger partial charge in [0.05, 0.1) is 23.0 Å². The molecule has 0 heterocycles. The fraction of sp³-hybridized carbons (Fsp3) is 0.0909. The van der Waals surface area contributed by atoms with Crippen molar-refractivity contribution in [1.29, 1.82) is 5.26 Å². The molecule has 0 saturated carbocycles. The summed E-state index contributed by atoms with van der Waals surface area (Å²) < 4.78 is 0. The molecule has 0 unspecified atom stereocenters. The number of hydrogen-bond donors (Lipinski definition) is 0. The minimum atomic E-state index is 0.700. The molecule has 0 aromatic heterocycles. The molecule has 24 heavy (non-hydrogen) atoms. The van der Waals surface area contributed by atoms with Crippen molar-refractivity contribution in [1.82, 2.24) is 0 Å². The number of nitriles is 1. The van der Waals surface area contributed by atoms with Gasteiger partial charge in [-0.3, -0.25) is 0 Å². The average molecular weight is 308 g/mol. The van der Waals surface area contributed by atoms with Crippen LogP contribution in [0.15, 0.2) is 65.7 Å². The highest BCUT2D eigenvalue weighted by Gasteiger charge is 2.26. The summed E-state index contributed by atoms with van der Waals surface area (Å²) in [5.74, 6) is 0. The minimum absolute atomic E-state index is 0.700. The first-order valence-electron chi connectivity index (χ1n) is 7.97. The summed E-state index contributed by atoms with van der Waals surface area (Å²) in [4.78, 5) is 4.95. The number of fused-ring (bicyclic) bond motifs is 3. The van der Waals surface area contributed by atoms with Gasteiger partial charge >= 0.3 is 0 Å². The van der Waals surface area contributed by atoms with Crippen molar-refractivity contribution in [2.45, 2.75) is 13.8 Å². The van der Waals surface area contributed by atoms with Crippen LogP contribution in [0.5, 0.6) is 0 Å². The Morgan fingerprint density at radius 3 is 2.17 bits per heavy atom. The molecule has 0 spiro atoms. The lowest BCUT2D eigenvalue weighted by Gasteiger charge is -2.05. The highest BCUT2D eigenvalue weighted by atomic mass is 14.8. The maximum atomic E-state index is 9.49. The molecule has 0 fully saturated rings. The Hall–Kier alpha value is -3.18. The zero-order valence-electron chi connectivity index (χ0n) is 13.7. The van der Waals surface area contributed by atoms with E-state index in [4.69, 9.17) is 4.99 Å². The number of nitrogens with zero attached hydrogens (tertiary/aromatic N) is 2. The maximum Gasteiger partial charge on any atom is 0.0998 e. The van der Waals surface area contributed by atoms with Crippen LogP contribution in [0.2, 0.25) is 0 Å². The number of aryl methyl sites for hydroxylation is 2. The molecular formula is C22H16N2. The first kappa shape index (κ1) is 14.4. The van der Waals surface area contributed by atoms with Gasteiger partial charge in [0.2, 0.25) is 0 Å². The standard InChI is InChI=1S/C22H16N2/c1-14-10-15(2)12-17(11-14)24-22-19-8-4-3-7-18(19)21-16(13-23)6-5-9-20(21)22/h3-12H,1-2H3. The fourth-order valence-electron chi connectivity index (χ4n) is 3.45. The van der Waals surface area contributed by atoms with E-state index in [2.05, 4.69) is 56.3 Å². The van der Waals surface area contributed by atoms with Crippen LogP contribution in [0.25, 0.3) is 11.1 Å². The SMILES string of the molecule is Cc1cc(C)cc(N=C2c3ccccc3-c3c(C#N)cccc32)c1. The summed E-state index contributed by atoms with van der Waals surface area (Å²) in [5, 5.41) is 9.49. The van der Waals surface area contributed by atoms with Gasteiger partial charge in [0.25, 0.3) is 0 Å². The summed E-state index contributed by atoms with van der Waals surface area (Å²) in [6, 6.07) is 22.7. The molecule has 0 N–H and O–H groups in total. The Morgan fingerprint density at radius 1 is 0.792 bits per heavy atom. The molecule has 0 saturated heterocycles. The van der Waals surface area contributed by atoms with E-state index in [9.17, 15) is 5.26 Å². The normalized spacial score (nSPS) is 13.5. The van der Waals surface area contributed by atoms with Gasteiger partial charge < -0.3 is 0 Å². The molecule has 0 amide bonds. The molecule has 2 nitrogen and oxygen atoms in total. The molecule has 114 valence electrons. The maximum absolute atomic E-state index is 9.49. The van der Waals surface area contributed by atoms with E-state index in [1.807, 2.05) is 24.3 Å². The summed E-state index contributed by atoms with van der Waals surface area (Å²) in [6.45, 7) is 4.17. The van der Waals surface area contributed by atoms with Gasteiger partial charge in [0.15, 0.2) is 0 Å². The molecule has 3 aromatic rings. The third-order valence-corrected chi connectivity index (χ3v) is 4.34. The lowest BCUT2D eigenvalue weighted by molar-refractivity contribution is 1.36. The van der Waals surface area contributed by atoms with Crippen LogP contribution in [0.3, 0.4) is 0 Å². The van der Waals surface area contributed by atoms with Crippen molar-refractivity contribution >= 4 is 11.4 Å². The summed E-state index contributed by atoms with van der Waals surface area (Å²) in [6.07, 6.45) is 0. The van der Waals surface area contributed by atoms with Crippen LogP contribution in [-0.2, 0) is 0 Å². The van der Waals surface area contributed by atoms with E-state index in [0.717, 1.165) is 33.7 Å². The lowest BCUT2D eigenvalue weighted by atomic mass is 10.0. The van der Waals surface area contributed by atoms with Crippen LogP contribution in [-0.4, -0.2) is 5.71 Å². The van der Waals surface area contributed by atoms with Crippen LogP contribution in [0.4, 0.5) is 5.69 Å². The summed E-state index contributed by atoms with van der Waals surface area (Å²) in [7, 11) is 0. The van der Waals surface area contributed by atoms with Crippen LogP contribution < -0.4 is 0 Å². The van der Waals surface area contributed by atoms with Crippen molar-refractivity contribution in [2.75, 3.05) is 0 Å². The first-order valence-corrected chi connectivity index (χ1v) is 7.97. The number of hydrogen-bond acceptors (Lipinski definition) is 2. The molecule has 4 rings (SSSR count). The molecule has 0 bridgehead atoms. The zero-order valence-corrected chi connectivity index (χ0v) is 13.7. The molecule has 2 heteroatoms. The Labute approximate surface area is 141 Å². The van der Waals surface area contributed by atoms with E-state index in [1.165, 1.54) is 11.1 Å². The van der Waals surface area contributed by atoms with Gasteiger partial charge in [-0.25, -0.2) is 4.99 Å².